The fourth-order valence-electron chi connectivity index (χ4n) is 1.57. The summed E-state index contributed by atoms with van der Waals surface area (Å²) < 4.78 is 38.6. The maximum atomic E-state index is 12.7. The van der Waals surface area contributed by atoms with Crippen LogP contribution in [0.5, 0.6) is 0 Å². The molecular weight excluding hydrogens is 353 g/mol. The summed E-state index contributed by atoms with van der Waals surface area (Å²) in [5.41, 5.74) is 3.45. The number of nitrogen functional groups attached to an aromatic ring is 1. The zero-order valence-electron chi connectivity index (χ0n) is 10.3. The summed E-state index contributed by atoms with van der Waals surface area (Å²) in [6.07, 6.45) is -2.03. The first kappa shape index (κ1) is 15.2. The summed E-state index contributed by atoms with van der Waals surface area (Å²) in [5.74, 6) is -0.699. The van der Waals surface area contributed by atoms with Gasteiger partial charge >= 0.3 is 6.18 Å². The summed E-state index contributed by atoms with van der Waals surface area (Å²) in [4.78, 5) is 19.6. The van der Waals surface area contributed by atoms with Crippen LogP contribution in [-0.4, -0.2) is 15.9 Å². The van der Waals surface area contributed by atoms with E-state index in [1.807, 2.05) is 0 Å². The Hall–Kier alpha value is -2.16. The average molecular weight is 361 g/mol. The number of amides is 1. The molecule has 0 unspecified atom stereocenters. The van der Waals surface area contributed by atoms with Gasteiger partial charge in [-0.05, 0) is 28.1 Å². The summed E-state index contributed by atoms with van der Waals surface area (Å²) in [6.45, 7) is 0. The van der Waals surface area contributed by atoms with Gasteiger partial charge in [0.25, 0.3) is 5.91 Å². The number of nitrogens with zero attached hydrogens (tertiary/aromatic N) is 2. The number of alkyl halides is 3. The Kier molecular flexibility index (Phi) is 4.12. The molecule has 0 aliphatic heterocycles. The number of nitrogens with two attached hydrogens (primary N) is 1. The molecule has 2 rings (SSSR count). The van der Waals surface area contributed by atoms with Gasteiger partial charge in [-0.1, -0.05) is 6.07 Å². The number of hydrogen-bond donors (Lipinski definition) is 2. The molecule has 0 spiro atoms. The molecule has 0 fully saturated rings. The molecule has 0 aliphatic rings. The molecule has 0 saturated heterocycles. The largest absolute Gasteiger partial charge is 0.418 e. The van der Waals surface area contributed by atoms with Crippen molar-refractivity contribution in [3.63, 3.8) is 0 Å². The van der Waals surface area contributed by atoms with Gasteiger partial charge in [0.2, 0.25) is 0 Å². The van der Waals surface area contributed by atoms with Crippen LogP contribution in [0.15, 0.2) is 35.2 Å². The van der Waals surface area contributed by atoms with Crippen LogP contribution in [0.4, 0.5) is 24.7 Å². The number of benzene rings is 1. The van der Waals surface area contributed by atoms with Crippen molar-refractivity contribution in [1.82, 2.24) is 9.97 Å². The second-order valence-corrected chi connectivity index (χ2v) is 4.76. The van der Waals surface area contributed by atoms with E-state index in [9.17, 15) is 18.0 Å². The van der Waals surface area contributed by atoms with Gasteiger partial charge in [-0.25, -0.2) is 9.97 Å². The molecule has 0 saturated carbocycles. The lowest BCUT2D eigenvalue weighted by Gasteiger charge is -2.13. The molecule has 0 aliphatic carbocycles. The highest BCUT2D eigenvalue weighted by Crippen LogP contribution is 2.35. The van der Waals surface area contributed by atoms with Crippen LogP contribution in [0.3, 0.4) is 0 Å². The first-order valence-electron chi connectivity index (χ1n) is 5.53. The lowest BCUT2D eigenvalue weighted by Crippen LogP contribution is -2.18. The van der Waals surface area contributed by atoms with E-state index in [0.29, 0.717) is 4.60 Å². The summed E-state index contributed by atoms with van der Waals surface area (Å²) in [7, 11) is 0. The van der Waals surface area contributed by atoms with Gasteiger partial charge in [0, 0.05) is 0 Å². The van der Waals surface area contributed by atoms with Crippen LogP contribution in [-0.2, 0) is 6.18 Å². The molecule has 21 heavy (non-hydrogen) atoms. The predicted octanol–water partition coefficient (Wildman–Crippen LogP) is 3.09. The molecule has 0 bridgehead atoms. The first-order valence-corrected chi connectivity index (χ1v) is 6.33. The molecule has 1 amide bonds. The highest BCUT2D eigenvalue weighted by molar-refractivity contribution is 9.10. The van der Waals surface area contributed by atoms with Gasteiger partial charge in [-0.15, -0.1) is 0 Å². The molecule has 9 heteroatoms. The minimum absolute atomic E-state index is 0.0972. The molecule has 1 heterocycles. The molecule has 0 radical (unpaired) electrons. The lowest BCUT2D eigenvalue weighted by atomic mass is 10.1. The molecule has 5 nitrogen and oxygen atoms in total. The van der Waals surface area contributed by atoms with Crippen LogP contribution in [0.25, 0.3) is 0 Å². The van der Waals surface area contributed by atoms with Crippen LogP contribution in [0.2, 0.25) is 0 Å². The zero-order valence-corrected chi connectivity index (χ0v) is 11.9. The topological polar surface area (TPSA) is 80.9 Å². The fraction of sp³-hybridized carbons (Fsp3) is 0.0833. The Balaban J connectivity index is 2.30. The normalized spacial score (nSPS) is 11.2. The summed E-state index contributed by atoms with van der Waals surface area (Å²) in [5, 5.41) is 2.32. The fourth-order valence-corrected chi connectivity index (χ4v) is 1.78. The van der Waals surface area contributed by atoms with Crippen LogP contribution < -0.4 is 11.1 Å². The van der Waals surface area contributed by atoms with Crippen LogP contribution in [0, 0.1) is 0 Å². The molecule has 110 valence electrons. The van der Waals surface area contributed by atoms with Crippen molar-refractivity contribution < 1.29 is 18.0 Å². The van der Waals surface area contributed by atoms with Gasteiger partial charge in [-0.3, -0.25) is 4.79 Å². The van der Waals surface area contributed by atoms with Crippen molar-refractivity contribution >= 4 is 33.3 Å². The average Bonchev–Trinajstić information content (AvgIpc) is 2.40. The Labute approximate surface area is 125 Å². The number of carbonyl (C=O) groups excluding carboxylic acids is 1. The van der Waals surface area contributed by atoms with Crippen molar-refractivity contribution in [2.45, 2.75) is 6.18 Å². The van der Waals surface area contributed by atoms with E-state index < -0.39 is 23.3 Å². The van der Waals surface area contributed by atoms with Gasteiger partial charge in [-0.2, -0.15) is 13.2 Å². The number of aromatic nitrogens is 2. The smallest absolute Gasteiger partial charge is 0.398 e. The van der Waals surface area contributed by atoms with E-state index in [-0.39, 0.29) is 11.4 Å². The number of anilines is 2. The second-order valence-electron chi connectivity index (χ2n) is 3.94. The molecule has 1 aromatic carbocycles. The van der Waals surface area contributed by atoms with Gasteiger partial charge in [0.15, 0.2) is 5.82 Å². The van der Waals surface area contributed by atoms with E-state index in [4.69, 9.17) is 5.73 Å². The second kappa shape index (κ2) is 5.68. The van der Waals surface area contributed by atoms with E-state index >= 15 is 0 Å². The van der Waals surface area contributed by atoms with Crippen LogP contribution in [0.1, 0.15) is 15.9 Å². The highest BCUT2D eigenvalue weighted by Gasteiger charge is 2.34. The zero-order chi connectivity index (χ0) is 15.6. The van der Waals surface area contributed by atoms with Crippen molar-refractivity contribution in [2.75, 3.05) is 11.1 Å². The molecule has 2 aromatic rings. The quantitative estimate of drug-likeness (QED) is 0.806. The minimum Gasteiger partial charge on any atom is -0.398 e. The molecule has 3 N–H and O–H groups in total. The van der Waals surface area contributed by atoms with Crippen molar-refractivity contribution in [3.05, 3.63) is 46.3 Å². The monoisotopic (exact) mass is 360 g/mol. The minimum atomic E-state index is -4.63. The maximum Gasteiger partial charge on any atom is 0.418 e. The summed E-state index contributed by atoms with van der Waals surface area (Å²) >= 11 is 3.07. The number of halogens is 4. The third-order valence-corrected chi connectivity index (χ3v) is 2.93. The molecule has 1 aromatic heterocycles. The van der Waals surface area contributed by atoms with E-state index in [1.54, 1.807) is 0 Å². The maximum absolute atomic E-state index is 12.7. The van der Waals surface area contributed by atoms with Gasteiger partial charge in [0.05, 0.1) is 29.2 Å². The number of para-hydroxylation sites is 1. The number of hydrogen-bond acceptors (Lipinski definition) is 4. The third kappa shape index (κ3) is 3.48. The van der Waals surface area contributed by atoms with E-state index in [2.05, 4.69) is 31.2 Å². The third-order valence-electron chi connectivity index (χ3n) is 2.52. The first-order chi connectivity index (χ1) is 9.79. The van der Waals surface area contributed by atoms with E-state index in [0.717, 1.165) is 12.1 Å². The van der Waals surface area contributed by atoms with Crippen LogP contribution >= 0.6 is 15.9 Å². The lowest BCUT2D eigenvalue weighted by molar-refractivity contribution is -0.136. The van der Waals surface area contributed by atoms with Crippen molar-refractivity contribution in [2.24, 2.45) is 0 Å². The predicted molar refractivity (Wildman–Crippen MR) is 73.5 cm³/mol. The number of rotatable bonds is 2. The SMILES string of the molecule is Nc1c(C(=O)Nc2cnc(Br)cn2)cccc1C(F)(F)F. The standard InChI is InChI=1S/C12H8BrF3N4O/c13-8-4-19-9(5-18-8)20-11(21)6-2-1-3-7(10(6)17)12(14,15)16/h1-5H,17H2,(H,19,20,21). The Morgan fingerprint density at radius 2 is 1.95 bits per heavy atom. The van der Waals surface area contributed by atoms with Crippen molar-refractivity contribution in [1.29, 1.82) is 0 Å². The molecular formula is C12H8BrF3N4O. The Morgan fingerprint density at radius 3 is 2.52 bits per heavy atom. The van der Waals surface area contributed by atoms with Crippen molar-refractivity contribution in [3.8, 4) is 0 Å². The highest BCUT2D eigenvalue weighted by atomic mass is 79.9. The van der Waals surface area contributed by atoms with Gasteiger partial charge in [0.1, 0.15) is 4.60 Å². The Bertz CT molecular complexity index is 673. The number of nitrogens with one attached hydrogen (secondary N) is 1. The van der Waals surface area contributed by atoms with Gasteiger partial charge < -0.3 is 11.1 Å². The summed E-state index contributed by atoms with van der Waals surface area (Å²) in [6, 6.07) is 3.12. The molecule has 0 atom stereocenters. The number of carbonyl (C=O) groups is 1. The van der Waals surface area contributed by atoms with E-state index in [1.165, 1.54) is 18.5 Å². The Morgan fingerprint density at radius 1 is 1.24 bits per heavy atom.